The van der Waals surface area contributed by atoms with Crippen LogP contribution in [-0.4, -0.2) is 114 Å². The number of aryl methyl sites for hydroxylation is 2. The summed E-state index contributed by atoms with van der Waals surface area (Å²) in [5.74, 6) is -0.775. The molecule has 15 heteroatoms. The van der Waals surface area contributed by atoms with E-state index < -0.39 is 35.2 Å². The second-order valence-corrected chi connectivity index (χ2v) is 19.6. The molecule has 0 unspecified atom stereocenters. The minimum atomic E-state index is -0.982. The van der Waals surface area contributed by atoms with Gasteiger partial charge in [-0.25, -0.2) is 15.2 Å². The Morgan fingerprint density at radius 1 is 1.08 bits per heavy atom. The molecule has 0 radical (unpaired) electrons. The average Bonchev–Trinajstić information content (AvgIpc) is 3.81. The lowest BCUT2D eigenvalue weighted by Crippen LogP contribution is -2.60. The van der Waals surface area contributed by atoms with Gasteiger partial charge in [-0.2, -0.15) is 0 Å². The number of hydrogen-bond donors (Lipinski definition) is 2. The number of methoxy groups -OCH3 is 1. The van der Waals surface area contributed by atoms with Crippen LogP contribution in [0, 0.1) is 5.41 Å². The van der Waals surface area contributed by atoms with Gasteiger partial charge in [0.25, 0.3) is 5.91 Å². The normalized spacial score (nSPS) is 22.0. The minimum Gasteiger partial charge on any atom is -0.464 e. The highest BCUT2D eigenvalue weighted by Crippen LogP contribution is 2.45. The number of esters is 1. The Balaban J connectivity index is 1.28. The third kappa shape index (κ3) is 8.77. The molecule has 3 atom stereocenters. The molecule has 4 aliphatic rings. The second-order valence-electron chi connectivity index (χ2n) is 18.7. The van der Waals surface area contributed by atoms with E-state index in [9.17, 15) is 14.4 Å². The van der Waals surface area contributed by atoms with Crippen LogP contribution in [0.3, 0.4) is 0 Å². The number of nitrogens with one attached hydrogen (secondary N) is 2. The summed E-state index contributed by atoms with van der Waals surface area (Å²) in [6.45, 7) is 16.9. The second kappa shape index (κ2) is 16.7. The number of likely N-dealkylation sites (N-methyl/N-ethyl adjacent to an activating group) is 1. The van der Waals surface area contributed by atoms with E-state index in [4.69, 9.17) is 24.2 Å². The fourth-order valence-corrected chi connectivity index (χ4v) is 9.86. The molecule has 0 aliphatic carbocycles. The molecule has 6 bridgehead atoms. The number of hydrazine groups is 1. The van der Waals surface area contributed by atoms with Gasteiger partial charge >= 0.3 is 12.1 Å². The third-order valence-corrected chi connectivity index (χ3v) is 13.0. The molecule has 4 aliphatic heterocycles. The summed E-state index contributed by atoms with van der Waals surface area (Å²) in [5, 5.41) is 8.16. The van der Waals surface area contributed by atoms with Crippen molar-refractivity contribution in [2.45, 2.75) is 110 Å². The number of anilines is 1. The molecule has 4 aromatic rings. The largest absolute Gasteiger partial charge is 0.464 e. The summed E-state index contributed by atoms with van der Waals surface area (Å²) in [7, 11) is 3.90. The zero-order valence-electron chi connectivity index (χ0n) is 36.4. The zero-order valence-corrected chi connectivity index (χ0v) is 37.2. The van der Waals surface area contributed by atoms with Gasteiger partial charge in [0.05, 0.1) is 52.2 Å². The molecule has 322 valence electrons. The molecule has 60 heavy (non-hydrogen) atoms. The number of amides is 2. The van der Waals surface area contributed by atoms with Crippen molar-refractivity contribution in [3.8, 4) is 22.5 Å². The molecule has 2 N–H and O–H groups in total. The van der Waals surface area contributed by atoms with Crippen LogP contribution in [0.1, 0.15) is 88.7 Å². The highest BCUT2D eigenvalue weighted by atomic mass is 32.1. The summed E-state index contributed by atoms with van der Waals surface area (Å²) in [4.78, 5) is 56.2. The topological polar surface area (TPSA) is 143 Å². The number of thiazole rings is 1. The summed E-state index contributed by atoms with van der Waals surface area (Å²) in [6, 6.07) is 5.16. The Morgan fingerprint density at radius 2 is 1.87 bits per heavy atom. The van der Waals surface area contributed by atoms with Crippen molar-refractivity contribution in [3.05, 3.63) is 51.6 Å². The number of carbonyl (C=O) groups excluding carboxylic acids is 3. The zero-order chi connectivity index (χ0) is 42.5. The Kier molecular flexibility index (Phi) is 11.7. The van der Waals surface area contributed by atoms with Crippen LogP contribution >= 0.6 is 11.3 Å². The number of rotatable bonds is 5. The predicted molar refractivity (Wildman–Crippen MR) is 233 cm³/mol. The van der Waals surface area contributed by atoms with Crippen LogP contribution in [0.5, 0.6) is 0 Å². The highest BCUT2D eigenvalue weighted by molar-refractivity contribution is 7.10. The lowest BCUT2D eigenvalue weighted by molar-refractivity contribution is -0.155. The number of aromatic nitrogens is 3. The number of piperazine rings is 1. The third-order valence-electron chi connectivity index (χ3n) is 12.1. The predicted octanol–water partition coefficient (Wildman–Crippen LogP) is 6.29. The lowest BCUT2D eigenvalue weighted by Gasteiger charge is -2.35. The first kappa shape index (κ1) is 42.1. The number of hydrogen-bond acceptors (Lipinski definition) is 12. The fraction of sp³-hybridized carbons (Fsp3) is 0.578. The molecular formula is C45H60N8O6S. The van der Waals surface area contributed by atoms with Crippen LogP contribution in [-0.2, 0) is 49.6 Å². The lowest BCUT2D eigenvalue weighted by atomic mass is 9.84. The van der Waals surface area contributed by atoms with Gasteiger partial charge in [0.1, 0.15) is 17.7 Å². The Labute approximate surface area is 356 Å². The Bertz CT molecular complexity index is 2270. The maximum absolute atomic E-state index is 14.2. The molecule has 2 saturated heterocycles. The molecular weight excluding hydrogens is 781 g/mol. The first-order chi connectivity index (χ1) is 28.6. The van der Waals surface area contributed by atoms with E-state index in [2.05, 4.69) is 71.1 Å². The highest BCUT2D eigenvalue weighted by Gasteiger charge is 2.37. The number of cyclic esters (lactones) is 1. The van der Waals surface area contributed by atoms with Gasteiger partial charge in [0.15, 0.2) is 0 Å². The van der Waals surface area contributed by atoms with Gasteiger partial charge in [-0.1, -0.05) is 13.8 Å². The maximum atomic E-state index is 14.2. The van der Waals surface area contributed by atoms with E-state index in [1.807, 2.05) is 11.6 Å². The van der Waals surface area contributed by atoms with Gasteiger partial charge < -0.3 is 33.9 Å². The minimum absolute atomic E-state index is 0.155. The van der Waals surface area contributed by atoms with Gasteiger partial charge in [-0.15, -0.1) is 11.3 Å². The van der Waals surface area contributed by atoms with Gasteiger partial charge in [0, 0.05) is 80.1 Å². The number of pyridine rings is 1. The van der Waals surface area contributed by atoms with Crippen molar-refractivity contribution in [3.63, 3.8) is 0 Å². The number of carbonyl (C=O) groups is 3. The number of fused-ring (bicyclic) bond motifs is 6. The molecule has 2 fully saturated rings. The Hall–Kier alpha value is -4.57. The number of ether oxygens (including phenoxy) is 3. The van der Waals surface area contributed by atoms with E-state index in [-0.39, 0.29) is 25.0 Å². The Morgan fingerprint density at radius 3 is 2.62 bits per heavy atom. The summed E-state index contributed by atoms with van der Waals surface area (Å²) in [5.41, 5.74) is 11.6. The van der Waals surface area contributed by atoms with Crippen LogP contribution in [0.15, 0.2) is 29.8 Å². The smallest absolute Gasteiger partial charge is 0.408 e. The fourth-order valence-electron chi connectivity index (χ4n) is 9.01. The number of benzene rings is 1. The SMILES string of the molecule is CO[C@@H](C)c1ncc(N2CCN(C)CC2)cc1-c1c2c3cc(cc4c3n1CCC4)-c1csc(n1)C[C@H](NC(=O)OC(C)(C)C)C(=O)N1CCC[C@H](N1)C(=O)OCC(C)(C)C2. The number of nitrogens with zero attached hydrogens (tertiary/aromatic N) is 6. The van der Waals surface area contributed by atoms with Crippen molar-refractivity contribution < 1.29 is 28.6 Å². The van der Waals surface area contributed by atoms with E-state index in [1.165, 1.54) is 33.0 Å². The molecule has 14 nitrogen and oxygen atoms in total. The van der Waals surface area contributed by atoms with Gasteiger partial charge in [-0.05, 0) is 96.2 Å². The van der Waals surface area contributed by atoms with Crippen LogP contribution in [0.4, 0.5) is 10.5 Å². The first-order valence-electron chi connectivity index (χ1n) is 21.4. The quantitative estimate of drug-likeness (QED) is 0.219. The molecule has 3 aromatic heterocycles. The molecule has 1 aromatic carbocycles. The van der Waals surface area contributed by atoms with Gasteiger partial charge in [-0.3, -0.25) is 19.6 Å². The van der Waals surface area contributed by atoms with Crippen LogP contribution in [0.2, 0.25) is 0 Å². The summed E-state index contributed by atoms with van der Waals surface area (Å²) < 4.78 is 20.2. The summed E-state index contributed by atoms with van der Waals surface area (Å²) in [6.07, 6.45) is 4.85. The standard InChI is InChI=1S/C45H60N8O6S/c1-27(57-8)38-32(21-30(24-46-38)51-17-15-50(7)16-18-51)40-33-23-45(5,6)26-58-42(55)34-12-10-14-53(49-34)41(54)35(48-43(56)59-44(2,3)4)22-37-47-36(25-60-37)29-19-28-11-9-13-52(40)39(28)31(33)20-29/h19-21,24-25,27,34-35,49H,9-18,22-23,26H2,1-8H3,(H,48,56)/t27-,34-,35-/m0/s1. The molecule has 2 amide bonds. The molecule has 0 spiro atoms. The molecule has 8 rings (SSSR count). The van der Waals surface area contributed by atoms with E-state index in [0.717, 1.165) is 84.8 Å². The average molecular weight is 841 g/mol. The van der Waals surface area contributed by atoms with Gasteiger partial charge in [0.2, 0.25) is 0 Å². The summed E-state index contributed by atoms with van der Waals surface area (Å²) >= 11 is 1.46. The van der Waals surface area contributed by atoms with Crippen molar-refractivity contribution in [2.24, 2.45) is 5.41 Å². The number of alkyl carbamates (subject to hydrolysis) is 1. The van der Waals surface area contributed by atoms with E-state index in [1.54, 1.807) is 27.9 Å². The first-order valence-corrected chi connectivity index (χ1v) is 22.3. The van der Waals surface area contributed by atoms with Crippen molar-refractivity contribution in [1.82, 2.24) is 35.2 Å². The van der Waals surface area contributed by atoms with Crippen molar-refractivity contribution >= 4 is 45.9 Å². The molecule has 0 saturated carbocycles. The van der Waals surface area contributed by atoms with Crippen molar-refractivity contribution in [1.29, 1.82) is 0 Å². The van der Waals surface area contributed by atoms with Crippen molar-refractivity contribution in [2.75, 3.05) is 58.4 Å². The monoisotopic (exact) mass is 840 g/mol. The maximum Gasteiger partial charge on any atom is 0.408 e. The molecule has 7 heterocycles. The van der Waals surface area contributed by atoms with Crippen LogP contribution < -0.4 is 15.6 Å². The van der Waals surface area contributed by atoms with E-state index >= 15 is 0 Å². The van der Waals surface area contributed by atoms with Crippen LogP contribution in [0.25, 0.3) is 33.4 Å². The van der Waals surface area contributed by atoms with E-state index in [0.29, 0.717) is 30.8 Å².